The van der Waals surface area contributed by atoms with Crippen LogP contribution in [0.15, 0.2) is 30.3 Å². The Kier molecular flexibility index (Phi) is 3.59. The number of aromatic nitrogens is 1. The van der Waals surface area contributed by atoms with Crippen molar-refractivity contribution in [1.82, 2.24) is 4.98 Å². The number of benzene rings is 1. The summed E-state index contributed by atoms with van der Waals surface area (Å²) >= 11 is 0. The summed E-state index contributed by atoms with van der Waals surface area (Å²) < 4.78 is 4.74. The Balaban J connectivity index is 2.30. The van der Waals surface area contributed by atoms with E-state index >= 15 is 0 Å². The van der Waals surface area contributed by atoms with Gasteiger partial charge in [-0.25, -0.2) is 4.79 Å². The van der Waals surface area contributed by atoms with Crippen LogP contribution in [0, 0.1) is 18.8 Å². The lowest BCUT2D eigenvalue weighted by Gasteiger charge is -1.99. The molecule has 0 saturated carbocycles. The minimum atomic E-state index is -0.500. The number of carbonyl (C=O) groups excluding carboxylic acids is 1. The number of fused-ring (bicyclic) bond motifs is 1. The summed E-state index contributed by atoms with van der Waals surface area (Å²) in [7, 11) is 0. The molecular formula is C15H13NO2. The second-order valence-electron chi connectivity index (χ2n) is 3.83. The van der Waals surface area contributed by atoms with E-state index in [0.29, 0.717) is 6.61 Å². The molecule has 18 heavy (non-hydrogen) atoms. The molecule has 1 aromatic carbocycles. The summed E-state index contributed by atoms with van der Waals surface area (Å²) in [5.41, 5.74) is 2.69. The van der Waals surface area contributed by atoms with Gasteiger partial charge in [-0.15, -0.1) is 0 Å². The van der Waals surface area contributed by atoms with Gasteiger partial charge in [0.1, 0.15) is 0 Å². The van der Waals surface area contributed by atoms with E-state index in [9.17, 15) is 4.79 Å². The van der Waals surface area contributed by atoms with E-state index in [4.69, 9.17) is 4.74 Å². The average Bonchev–Trinajstić information content (AvgIpc) is 2.36. The molecule has 0 radical (unpaired) electrons. The van der Waals surface area contributed by atoms with E-state index in [-0.39, 0.29) is 0 Å². The van der Waals surface area contributed by atoms with Crippen molar-refractivity contribution in [2.75, 3.05) is 6.61 Å². The molecule has 3 nitrogen and oxygen atoms in total. The first-order valence-electron chi connectivity index (χ1n) is 5.75. The van der Waals surface area contributed by atoms with E-state index in [1.54, 1.807) is 6.92 Å². The van der Waals surface area contributed by atoms with Crippen LogP contribution < -0.4 is 0 Å². The summed E-state index contributed by atoms with van der Waals surface area (Å²) in [6.07, 6.45) is 0. The number of nitrogens with zero attached hydrogens (tertiary/aromatic N) is 1. The minimum Gasteiger partial charge on any atom is -0.456 e. The molecule has 0 bridgehead atoms. The Morgan fingerprint density at radius 2 is 2.17 bits per heavy atom. The third-order valence-corrected chi connectivity index (χ3v) is 2.41. The van der Waals surface area contributed by atoms with Gasteiger partial charge in [-0.05, 0) is 38.1 Å². The predicted molar refractivity (Wildman–Crippen MR) is 70.0 cm³/mol. The Labute approximate surface area is 106 Å². The third kappa shape index (κ3) is 2.86. The van der Waals surface area contributed by atoms with Crippen LogP contribution in [-0.4, -0.2) is 17.6 Å². The highest BCUT2D eigenvalue weighted by Gasteiger charge is 1.97. The minimum absolute atomic E-state index is 0.342. The lowest BCUT2D eigenvalue weighted by atomic mass is 10.1. The fourth-order valence-corrected chi connectivity index (χ4v) is 1.60. The highest BCUT2D eigenvalue weighted by Crippen LogP contribution is 2.14. The van der Waals surface area contributed by atoms with Crippen molar-refractivity contribution in [2.24, 2.45) is 0 Å². The van der Waals surface area contributed by atoms with Gasteiger partial charge in [0, 0.05) is 22.6 Å². The second kappa shape index (κ2) is 5.33. The molecule has 90 valence electrons. The molecular weight excluding hydrogens is 226 g/mol. The highest BCUT2D eigenvalue weighted by atomic mass is 16.5. The van der Waals surface area contributed by atoms with Gasteiger partial charge >= 0.3 is 5.97 Å². The Bertz CT molecular complexity index is 650. The monoisotopic (exact) mass is 239 g/mol. The number of aryl methyl sites for hydroxylation is 1. The van der Waals surface area contributed by atoms with Crippen LogP contribution in [0.5, 0.6) is 0 Å². The SMILES string of the molecule is CCOC(=O)C#Cc1ccc2nc(C)ccc2c1. The quantitative estimate of drug-likeness (QED) is 0.567. The molecule has 0 spiro atoms. The molecule has 0 aliphatic rings. The van der Waals surface area contributed by atoms with E-state index in [0.717, 1.165) is 22.2 Å². The summed E-state index contributed by atoms with van der Waals surface area (Å²) in [5.74, 6) is 4.73. The summed E-state index contributed by atoms with van der Waals surface area (Å²) in [4.78, 5) is 15.5. The molecule has 2 rings (SSSR count). The normalized spacial score (nSPS) is 9.67. The molecule has 0 fully saturated rings. The van der Waals surface area contributed by atoms with Crippen molar-refractivity contribution < 1.29 is 9.53 Å². The molecule has 3 heteroatoms. The standard InChI is InChI=1S/C15H13NO2/c1-3-18-15(17)9-6-12-5-8-14-13(10-12)7-4-11(2)16-14/h4-5,7-8,10H,3H2,1-2H3. The number of hydrogen-bond donors (Lipinski definition) is 0. The van der Waals surface area contributed by atoms with Crippen LogP contribution in [0.3, 0.4) is 0 Å². The summed E-state index contributed by atoms with van der Waals surface area (Å²) in [6.45, 7) is 4.05. The molecule has 1 aromatic heterocycles. The maximum atomic E-state index is 11.1. The van der Waals surface area contributed by atoms with Gasteiger partial charge in [0.05, 0.1) is 12.1 Å². The van der Waals surface area contributed by atoms with Crippen LogP contribution in [0.2, 0.25) is 0 Å². The zero-order valence-electron chi connectivity index (χ0n) is 10.4. The predicted octanol–water partition coefficient (Wildman–Crippen LogP) is 2.46. The van der Waals surface area contributed by atoms with Crippen molar-refractivity contribution >= 4 is 16.9 Å². The van der Waals surface area contributed by atoms with E-state index < -0.39 is 5.97 Å². The van der Waals surface area contributed by atoms with Crippen LogP contribution >= 0.6 is 0 Å². The smallest absolute Gasteiger partial charge is 0.384 e. The first kappa shape index (κ1) is 12.1. The van der Waals surface area contributed by atoms with Crippen molar-refractivity contribution in [2.45, 2.75) is 13.8 Å². The van der Waals surface area contributed by atoms with Crippen LogP contribution in [0.4, 0.5) is 0 Å². The van der Waals surface area contributed by atoms with Gasteiger partial charge in [0.15, 0.2) is 0 Å². The highest BCUT2D eigenvalue weighted by molar-refractivity contribution is 5.89. The van der Waals surface area contributed by atoms with Crippen molar-refractivity contribution in [3.05, 3.63) is 41.6 Å². The number of rotatable bonds is 1. The van der Waals surface area contributed by atoms with E-state index in [1.807, 2.05) is 37.3 Å². The van der Waals surface area contributed by atoms with Gasteiger partial charge in [-0.1, -0.05) is 12.0 Å². The number of carbonyl (C=O) groups is 1. The average molecular weight is 239 g/mol. The first-order valence-corrected chi connectivity index (χ1v) is 5.75. The second-order valence-corrected chi connectivity index (χ2v) is 3.83. The van der Waals surface area contributed by atoms with E-state index in [2.05, 4.69) is 16.8 Å². The molecule has 0 aliphatic heterocycles. The number of ether oxygens (including phenoxy) is 1. The number of pyridine rings is 1. The van der Waals surface area contributed by atoms with Crippen molar-refractivity contribution in [1.29, 1.82) is 0 Å². The summed E-state index contributed by atoms with van der Waals surface area (Å²) in [6, 6.07) is 9.60. The van der Waals surface area contributed by atoms with Gasteiger partial charge in [-0.2, -0.15) is 0 Å². The molecule has 2 aromatic rings. The van der Waals surface area contributed by atoms with Crippen molar-refractivity contribution in [3.63, 3.8) is 0 Å². The maximum Gasteiger partial charge on any atom is 0.384 e. The molecule has 0 unspecified atom stereocenters. The van der Waals surface area contributed by atoms with Gasteiger partial charge in [-0.3, -0.25) is 4.98 Å². The molecule has 1 heterocycles. The topological polar surface area (TPSA) is 39.2 Å². The third-order valence-electron chi connectivity index (χ3n) is 2.41. The van der Waals surface area contributed by atoms with Crippen molar-refractivity contribution in [3.8, 4) is 11.8 Å². The number of hydrogen-bond acceptors (Lipinski definition) is 3. The molecule has 0 aliphatic carbocycles. The fraction of sp³-hybridized carbons (Fsp3) is 0.200. The zero-order chi connectivity index (χ0) is 13.0. The van der Waals surface area contributed by atoms with Gasteiger partial charge in [0.2, 0.25) is 0 Å². The molecule has 0 N–H and O–H groups in total. The van der Waals surface area contributed by atoms with E-state index in [1.165, 1.54) is 0 Å². The Morgan fingerprint density at radius 1 is 1.33 bits per heavy atom. The molecule has 0 atom stereocenters. The zero-order valence-corrected chi connectivity index (χ0v) is 10.4. The summed E-state index contributed by atoms with van der Waals surface area (Å²) in [5, 5.41) is 1.01. The molecule has 0 amide bonds. The van der Waals surface area contributed by atoms with Gasteiger partial charge in [0.25, 0.3) is 0 Å². The van der Waals surface area contributed by atoms with Gasteiger partial charge < -0.3 is 4.74 Å². The largest absolute Gasteiger partial charge is 0.456 e. The van der Waals surface area contributed by atoms with Crippen LogP contribution in [-0.2, 0) is 9.53 Å². The molecule has 0 saturated heterocycles. The Morgan fingerprint density at radius 3 is 2.94 bits per heavy atom. The lowest BCUT2D eigenvalue weighted by Crippen LogP contribution is -1.99. The Hall–Kier alpha value is -2.34. The van der Waals surface area contributed by atoms with Crippen LogP contribution in [0.25, 0.3) is 10.9 Å². The van der Waals surface area contributed by atoms with Crippen LogP contribution in [0.1, 0.15) is 18.2 Å². The first-order chi connectivity index (χ1) is 8.69. The number of esters is 1. The maximum absolute atomic E-state index is 11.1. The lowest BCUT2D eigenvalue weighted by molar-refractivity contribution is -0.136. The fourth-order valence-electron chi connectivity index (χ4n) is 1.60.